The highest BCUT2D eigenvalue weighted by Crippen LogP contribution is 2.48. The van der Waals surface area contributed by atoms with Crippen LogP contribution < -0.4 is 4.72 Å². The molecule has 0 radical (unpaired) electrons. The quantitative estimate of drug-likeness (QED) is 0.222. The van der Waals surface area contributed by atoms with Crippen LogP contribution in [0.3, 0.4) is 0 Å². The molecule has 3 aromatic heterocycles. The second-order valence-electron chi connectivity index (χ2n) is 10.3. The topological polar surface area (TPSA) is 77.1 Å². The van der Waals surface area contributed by atoms with Crippen LogP contribution in [0, 0.1) is 12.7 Å². The number of rotatable bonds is 5. The lowest BCUT2D eigenvalue weighted by Crippen LogP contribution is -2.29. The summed E-state index contributed by atoms with van der Waals surface area (Å²) in [5.41, 5.74) is 3.95. The van der Waals surface area contributed by atoms with Gasteiger partial charge in [0.1, 0.15) is 5.65 Å². The Hall–Kier alpha value is -2.46. The molecule has 4 heterocycles. The normalized spacial score (nSPS) is 16.1. The molecule has 0 aliphatic carbocycles. The van der Waals surface area contributed by atoms with Crippen LogP contribution in [0.4, 0.5) is 10.1 Å². The molecule has 0 saturated carbocycles. The van der Waals surface area contributed by atoms with E-state index < -0.39 is 16.5 Å². The summed E-state index contributed by atoms with van der Waals surface area (Å²) in [6, 6.07) is 9.33. The van der Waals surface area contributed by atoms with Crippen LogP contribution in [-0.2, 0) is 5.41 Å². The van der Waals surface area contributed by atoms with Crippen molar-refractivity contribution in [1.82, 2.24) is 19.3 Å². The monoisotopic (exact) mass is 573 g/mol. The van der Waals surface area contributed by atoms with Gasteiger partial charge in [-0.25, -0.2) is 18.7 Å². The van der Waals surface area contributed by atoms with Crippen LogP contribution in [0.1, 0.15) is 72.0 Å². The first-order valence-electron chi connectivity index (χ1n) is 13.8. The molecule has 1 fully saturated rings. The Balaban J connectivity index is 0.00000100. The number of nitrogens with one attached hydrogen (secondary N) is 2. The first-order chi connectivity index (χ1) is 18.5. The lowest BCUT2D eigenvalue weighted by Gasteiger charge is -2.39. The number of pyridine rings is 1. The molecule has 1 aliphatic heterocycles. The number of fused-ring (bicyclic) bond motifs is 1. The molecule has 0 amide bonds. The van der Waals surface area contributed by atoms with Gasteiger partial charge < -0.3 is 14.3 Å². The molecule has 4 aromatic rings. The van der Waals surface area contributed by atoms with Crippen molar-refractivity contribution in [3.05, 3.63) is 53.0 Å². The van der Waals surface area contributed by atoms with E-state index in [-0.39, 0.29) is 5.41 Å². The van der Waals surface area contributed by atoms with Crippen LogP contribution in [0.25, 0.3) is 32.7 Å². The standard InChI is InChI=1S/C26H32FN5OS2.2C2H6/c1-16-15-19-17(11-12-28-24(19)29-16)23-22(30-25(34-23)26(2,3)4)18-9-8-10-20(21(18)27)31-35(5,33)32-13-6-7-14-32;2*1-2/h8-12,15,31,33H,6-7,13-14H2,1-5H3,(H,28,29);2*1-2H3. The van der Waals surface area contributed by atoms with Crippen molar-refractivity contribution in [2.45, 2.75) is 73.6 Å². The summed E-state index contributed by atoms with van der Waals surface area (Å²) in [5, 5.41) is 1.93. The van der Waals surface area contributed by atoms with E-state index >= 15 is 4.39 Å². The number of H-pyrrole nitrogens is 1. The van der Waals surface area contributed by atoms with Gasteiger partial charge in [0, 0.05) is 53.2 Å². The number of aryl methyl sites for hydroxylation is 1. The fourth-order valence-corrected chi connectivity index (χ4v) is 7.32. The molecular weight excluding hydrogens is 529 g/mol. The van der Waals surface area contributed by atoms with Gasteiger partial charge in [0.2, 0.25) is 0 Å². The Kier molecular flexibility index (Phi) is 10.2. The molecule has 1 atom stereocenters. The van der Waals surface area contributed by atoms with Crippen LogP contribution in [0.2, 0.25) is 0 Å². The Labute approximate surface area is 238 Å². The molecule has 0 bridgehead atoms. The largest absolute Gasteiger partial charge is 0.344 e. The summed E-state index contributed by atoms with van der Waals surface area (Å²) >= 11 is 1.59. The molecule has 1 unspecified atom stereocenters. The van der Waals surface area contributed by atoms with E-state index in [0.717, 1.165) is 58.1 Å². The molecule has 1 aliphatic rings. The van der Waals surface area contributed by atoms with Gasteiger partial charge in [0.15, 0.2) is 5.82 Å². The van der Waals surface area contributed by atoms with E-state index in [4.69, 9.17) is 4.98 Å². The van der Waals surface area contributed by atoms with Gasteiger partial charge in [-0.05, 0) is 54.7 Å². The van der Waals surface area contributed by atoms with E-state index in [2.05, 4.69) is 41.5 Å². The Morgan fingerprint density at radius 1 is 1.08 bits per heavy atom. The fraction of sp³-hybridized carbons (Fsp3) is 0.467. The van der Waals surface area contributed by atoms with E-state index in [1.807, 2.05) is 51.1 Å². The maximum absolute atomic E-state index is 16.1. The zero-order chi connectivity index (χ0) is 29.0. The van der Waals surface area contributed by atoms with Crippen molar-refractivity contribution in [2.24, 2.45) is 0 Å². The van der Waals surface area contributed by atoms with Gasteiger partial charge in [-0.2, -0.15) is 0 Å². The number of anilines is 1. The zero-order valence-electron chi connectivity index (χ0n) is 24.8. The van der Waals surface area contributed by atoms with Crippen LogP contribution in [0.15, 0.2) is 36.5 Å². The first kappa shape index (κ1) is 31.1. The van der Waals surface area contributed by atoms with Gasteiger partial charge in [0.05, 0.1) is 21.3 Å². The Morgan fingerprint density at radius 2 is 1.74 bits per heavy atom. The maximum atomic E-state index is 16.1. The second-order valence-corrected chi connectivity index (χ2v) is 13.6. The van der Waals surface area contributed by atoms with Crippen molar-refractivity contribution >= 4 is 38.7 Å². The van der Waals surface area contributed by atoms with Crippen LogP contribution in [0.5, 0.6) is 0 Å². The summed E-state index contributed by atoms with van der Waals surface area (Å²) in [7, 11) is -2.33. The van der Waals surface area contributed by atoms with Crippen molar-refractivity contribution in [1.29, 1.82) is 0 Å². The number of hydrogen-bond donors (Lipinski definition) is 3. The third-order valence-electron chi connectivity index (χ3n) is 6.30. The molecule has 39 heavy (non-hydrogen) atoms. The second kappa shape index (κ2) is 12.8. The molecule has 214 valence electrons. The molecule has 1 saturated heterocycles. The van der Waals surface area contributed by atoms with E-state index in [0.29, 0.717) is 16.9 Å². The smallest absolute Gasteiger partial charge is 0.156 e. The predicted octanol–water partition coefficient (Wildman–Crippen LogP) is 9.40. The number of benzene rings is 1. The van der Waals surface area contributed by atoms with Crippen LogP contribution in [-0.4, -0.2) is 43.2 Å². The Bertz CT molecular complexity index is 1380. The van der Waals surface area contributed by atoms with E-state index in [9.17, 15) is 4.55 Å². The van der Waals surface area contributed by atoms with Crippen LogP contribution >= 0.6 is 22.0 Å². The highest BCUT2D eigenvalue weighted by Gasteiger charge is 2.30. The molecule has 1 aromatic carbocycles. The predicted molar refractivity (Wildman–Crippen MR) is 169 cm³/mol. The summed E-state index contributed by atoms with van der Waals surface area (Å²) < 4.78 is 32.3. The van der Waals surface area contributed by atoms with Crippen molar-refractivity contribution in [3.63, 3.8) is 0 Å². The average Bonchev–Trinajstić information content (AvgIpc) is 3.66. The molecule has 6 nitrogen and oxygen atoms in total. The number of hydrogen-bond acceptors (Lipinski definition) is 6. The fourth-order valence-electron chi connectivity index (χ4n) is 4.47. The highest BCUT2D eigenvalue weighted by molar-refractivity contribution is 8.27. The van der Waals surface area contributed by atoms with Gasteiger partial charge in [-0.1, -0.05) is 54.5 Å². The molecule has 9 heteroatoms. The molecule has 5 rings (SSSR count). The summed E-state index contributed by atoms with van der Waals surface area (Å²) in [6.07, 6.45) is 5.63. The number of aromatic amines is 1. The summed E-state index contributed by atoms with van der Waals surface area (Å²) in [5.74, 6) is -0.401. The minimum Gasteiger partial charge on any atom is -0.344 e. The number of halogens is 1. The van der Waals surface area contributed by atoms with Gasteiger partial charge in [-0.15, -0.1) is 11.3 Å². The van der Waals surface area contributed by atoms with Gasteiger partial charge >= 0.3 is 0 Å². The average molecular weight is 574 g/mol. The van der Waals surface area contributed by atoms with Crippen molar-refractivity contribution in [2.75, 3.05) is 24.1 Å². The first-order valence-corrected chi connectivity index (χ1v) is 16.6. The number of nitrogens with zero attached hydrogens (tertiary/aromatic N) is 3. The lowest BCUT2D eigenvalue weighted by atomic mass is 9.98. The third-order valence-corrected chi connectivity index (χ3v) is 9.80. The maximum Gasteiger partial charge on any atom is 0.156 e. The lowest BCUT2D eigenvalue weighted by molar-refractivity contribution is 0.491. The van der Waals surface area contributed by atoms with Crippen molar-refractivity contribution < 1.29 is 8.94 Å². The third kappa shape index (κ3) is 6.65. The van der Waals surface area contributed by atoms with Crippen molar-refractivity contribution in [3.8, 4) is 21.7 Å². The molecular formula is C30H44FN5OS2. The molecule has 3 N–H and O–H groups in total. The van der Waals surface area contributed by atoms with Gasteiger partial charge in [0.25, 0.3) is 0 Å². The SMILES string of the molecule is CC.CC.Cc1cc2c(-c3sc(C(C)(C)C)nc3-c3cccc(NS(C)(O)N4CCCC4)c3F)ccnc2[nH]1. The molecule has 0 spiro atoms. The summed E-state index contributed by atoms with van der Waals surface area (Å²) in [6.45, 7) is 18.0. The van der Waals surface area contributed by atoms with E-state index in [1.54, 1.807) is 35.9 Å². The minimum absolute atomic E-state index is 0.187. The summed E-state index contributed by atoms with van der Waals surface area (Å²) in [4.78, 5) is 13.7. The Morgan fingerprint density at radius 3 is 2.38 bits per heavy atom. The number of aromatic nitrogens is 3. The number of thiazole rings is 1. The minimum atomic E-state index is -2.33. The van der Waals surface area contributed by atoms with E-state index in [1.165, 1.54) is 0 Å². The van der Waals surface area contributed by atoms with Gasteiger partial charge in [-0.3, -0.25) is 0 Å². The highest BCUT2D eigenvalue weighted by atomic mass is 32.3. The zero-order valence-corrected chi connectivity index (χ0v) is 26.4.